The van der Waals surface area contributed by atoms with Crippen molar-refractivity contribution in [1.82, 2.24) is 0 Å². The Bertz CT molecular complexity index is 627. The quantitative estimate of drug-likeness (QED) is 0.727. The van der Waals surface area contributed by atoms with E-state index in [0.29, 0.717) is 21.7 Å². The van der Waals surface area contributed by atoms with Gasteiger partial charge in [0.25, 0.3) is 0 Å². The molecule has 0 saturated heterocycles. The van der Waals surface area contributed by atoms with Gasteiger partial charge in [-0.15, -0.1) is 0 Å². The zero-order valence-corrected chi connectivity index (χ0v) is 13.2. The first-order valence-electron chi connectivity index (χ1n) is 7.02. The van der Waals surface area contributed by atoms with Crippen molar-refractivity contribution in [2.75, 3.05) is 5.32 Å². The molecule has 0 heterocycles. The van der Waals surface area contributed by atoms with Crippen LogP contribution in [0.5, 0.6) is 0 Å². The lowest BCUT2D eigenvalue weighted by atomic mass is 10.0. The Balaban J connectivity index is 1.91. The van der Waals surface area contributed by atoms with Crippen molar-refractivity contribution in [2.45, 2.75) is 25.8 Å². The molecule has 4 heteroatoms. The highest BCUT2D eigenvalue weighted by atomic mass is 35.5. The van der Waals surface area contributed by atoms with Gasteiger partial charge in [0.2, 0.25) is 0 Å². The molecule has 1 aliphatic carbocycles. The van der Waals surface area contributed by atoms with Crippen molar-refractivity contribution >= 4 is 28.9 Å². The fourth-order valence-electron chi connectivity index (χ4n) is 2.51. The van der Waals surface area contributed by atoms with Crippen LogP contribution in [0, 0.1) is 18.7 Å². The summed E-state index contributed by atoms with van der Waals surface area (Å²) in [4.78, 5) is 0. The summed E-state index contributed by atoms with van der Waals surface area (Å²) in [7, 11) is 0. The number of halogens is 3. The lowest BCUT2D eigenvalue weighted by molar-refractivity contribution is 0.627. The van der Waals surface area contributed by atoms with Crippen LogP contribution >= 0.6 is 23.2 Å². The van der Waals surface area contributed by atoms with Gasteiger partial charge in [0.05, 0.1) is 21.8 Å². The molecule has 0 bridgehead atoms. The molecule has 2 aromatic rings. The van der Waals surface area contributed by atoms with E-state index in [4.69, 9.17) is 23.2 Å². The summed E-state index contributed by atoms with van der Waals surface area (Å²) in [6, 6.07) is 11.2. The lowest BCUT2D eigenvalue weighted by Gasteiger charge is -2.22. The topological polar surface area (TPSA) is 12.0 Å². The third-order valence-corrected chi connectivity index (χ3v) is 4.43. The molecule has 1 nitrogen and oxygen atoms in total. The Hall–Kier alpha value is -1.25. The number of hydrogen-bond donors (Lipinski definition) is 1. The van der Waals surface area contributed by atoms with Crippen LogP contribution in [-0.2, 0) is 0 Å². The van der Waals surface area contributed by atoms with Crippen LogP contribution in [0.3, 0.4) is 0 Å². The number of aryl methyl sites for hydroxylation is 1. The predicted molar refractivity (Wildman–Crippen MR) is 86.7 cm³/mol. The molecule has 0 spiro atoms. The monoisotopic (exact) mass is 323 g/mol. The molecule has 0 radical (unpaired) electrons. The van der Waals surface area contributed by atoms with Gasteiger partial charge in [0.1, 0.15) is 5.82 Å². The highest BCUT2D eigenvalue weighted by Gasteiger charge is 2.33. The minimum absolute atomic E-state index is 0.158. The zero-order valence-electron chi connectivity index (χ0n) is 11.7. The van der Waals surface area contributed by atoms with Crippen LogP contribution in [-0.4, -0.2) is 0 Å². The van der Waals surface area contributed by atoms with Crippen molar-refractivity contribution in [1.29, 1.82) is 0 Å². The third kappa shape index (κ3) is 3.33. The Morgan fingerprint density at radius 3 is 2.19 bits per heavy atom. The third-order valence-electron chi connectivity index (χ3n) is 3.84. The first-order chi connectivity index (χ1) is 10.0. The van der Waals surface area contributed by atoms with Crippen LogP contribution in [0.4, 0.5) is 10.1 Å². The van der Waals surface area contributed by atoms with Crippen molar-refractivity contribution in [3.63, 3.8) is 0 Å². The predicted octanol–water partition coefficient (Wildman–Crippen LogP) is 6.00. The summed E-state index contributed by atoms with van der Waals surface area (Å²) < 4.78 is 13.3. The summed E-state index contributed by atoms with van der Waals surface area (Å²) >= 11 is 12.3. The lowest BCUT2D eigenvalue weighted by Crippen LogP contribution is -2.13. The summed E-state index contributed by atoms with van der Waals surface area (Å²) in [5.74, 6) is 0.152. The molecule has 1 aliphatic rings. The van der Waals surface area contributed by atoms with Crippen molar-refractivity contribution in [2.24, 2.45) is 5.92 Å². The first kappa shape index (κ1) is 14.7. The van der Waals surface area contributed by atoms with Gasteiger partial charge in [0.15, 0.2) is 0 Å². The van der Waals surface area contributed by atoms with Gasteiger partial charge in [-0.25, -0.2) is 4.39 Å². The van der Waals surface area contributed by atoms with Crippen molar-refractivity contribution in [3.05, 3.63) is 63.4 Å². The summed E-state index contributed by atoms with van der Waals surface area (Å²) in [6.07, 6.45) is 2.37. The van der Waals surface area contributed by atoms with E-state index in [2.05, 4.69) is 36.5 Å². The molecule has 0 amide bonds. The van der Waals surface area contributed by atoms with Gasteiger partial charge >= 0.3 is 0 Å². The molecular formula is C17H16Cl2FN. The van der Waals surface area contributed by atoms with Crippen molar-refractivity contribution < 1.29 is 4.39 Å². The van der Waals surface area contributed by atoms with E-state index in [1.165, 1.54) is 36.1 Å². The molecule has 1 saturated carbocycles. The molecular weight excluding hydrogens is 308 g/mol. The van der Waals surface area contributed by atoms with Crippen LogP contribution in [0.2, 0.25) is 10.0 Å². The maximum absolute atomic E-state index is 13.3. The average Bonchev–Trinajstić information content (AvgIpc) is 3.24. The minimum Gasteiger partial charge on any atom is -0.376 e. The van der Waals surface area contributed by atoms with Crippen LogP contribution < -0.4 is 5.32 Å². The minimum atomic E-state index is -0.422. The van der Waals surface area contributed by atoms with Crippen LogP contribution in [0.25, 0.3) is 0 Å². The normalized spacial score (nSPS) is 15.8. The van der Waals surface area contributed by atoms with Crippen molar-refractivity contribution in [3.8, 4) is 0 Å². The molecule has 3 rings (SSSR count). The number of hydrogen-bond acceptors (Lipinski definition) is 1. The Morgan fingerprint density at radius 2 is 1.67 bits per heavy atom. The largest absolute Gasteiger partial charge is 0.376 e. The fraction of sp³-hybridized carbons (Fsp3) is 0.294. The summed E-state index contributed by atoms with van der Waals surface area (Å²) in [5.41, 5.74) is 3.04. The molecule has 110 valence electrons. The first-order valence-corrected chi connectivity index (χ1v) is 7.78. The maximum atomic E-state index is 13.3. The van der Waals surface area contributed by atoms with Crippen LogP contribution in [0.15, 0.2) is 36.4 Å². The highest BCUT2D eigenvalue weighted by Crippen LogP contribution is 2.45. The Morgan fingerprint density at radius 1 is 1.10 bits per heavy atom. The molecule has 0 aromatic heterocycles. The second-order valence-corrected chi connectivity index (χ2v) is 6.43. The number of anilines is 1. The SMILES string of the molecule is Cc1ccc(C(Nc2c(Cl)cc(F)cc2Cl)C2CC2)cc1. The smallest absolute Gasteiger partial charge is 0.126 e. The molecule has 21 heavy (non-hydrogen) atoms. The number of nitrogens with one attached hydrogen (secondary N) is 1. The van der Waals surface area contributed by atoms with Gasteiger partial charge in [0, 0.05) is 0 Å². The van der Waals surface area contributed by atoms with Gasteiger partial charge in [-0.05, 0) is 43.4 Å². The summed E-state index contributed by atoms with van der Waals surface area (Å²) in [6.45, 7) is 2.07. The van der Waals surface area contributed by atoms with Gasteiger partial charge in [-0.3, -0.25) is 0 Å². The van der Waals surface area contributed by atoms with Gasteiger partial charge in [-0.1, -0.05) is 53.0 Å². The fourth-order valence-corrected chi connectivity index (χ4v) is 3.08. The molecule has 1 unspecified atom stereocenters. The highest BCUT2D eigenvalue weighted by molar-refractivity contribution is 6.39. The van der Waals surface area contributed by atoms with E-state index in [-0.39, 0.29) is 6.04 Å². The Labute approximate surface area is 134 Å². The molecule has 1 N–H and O–H groups in total. The molecule has 1 atom stereocenters. The molecule has 0 aliphatic heterocycles. The van der Waals surface area contributed by atoms with Crippen LogP contribution in [0.1, 0.15) is 30.0 Å². The van der Waals surface area contributed by atoms with E-state index in [1.54, 1.807) is 0 Å². The standard InChI is InChI=1S/C17H16Cl2FN/c1-10-2-4-11(5-3-10)16(12-6-7-12)21-17-14(18)8-13(20)9-15(17)19/h2-5,8-9,12,16,21H,6-7H2,1H3. The van der Waals surface area contributed by atoms with E-state index >= 15 is 0 Å². The van der Waals surface area contributed by atoms with E-state index < -0.39 is 5.82 Å². The van der Waals surface area contributed by atoms with Gasteiger partial charge < -0.3 is 5.32 Å². The second kappa shape index (κ2) is 5.86. The Kier molecular flexibility index (Phi) is 4.10. The number of rotatable bonds is 4. The number of benzene rings is 2. The van der Waals surface area contributed by atoms with E-state index in [1.807, 2.05) is 0 Å². The summed E-state index contributed by atoms with van der Waals surface area (Å²) in [5, 5.41) is 4.04. The van der Waals surface area contributed by atoms with E-state index in [0.717, 1.165) is 0 Å². The van der Waals surface area contributed by atoms with Gasteiger partial charge in [-0.2, -0.15) is 0 Å². The molecule has 2 aromatic carbocycles. The second-order valence-electron chi connectivity index (χ2n) is 5.61. The average molecular weight is 324 g/mol. The van der Waals surface area contributed by atoms with E-state index in [9.17, 15) is 4.39 Å². The zero-order chi connectivity index (χ0) is 15.0. The molecule has 1 fully saturated rings. The maximum Gasteiger partial charge on any atom is 0.126 e.